The van der Waals surface area contributed by atoms with E-state index in [1.807, 2.05) is 0 Å². The van der Waals surface area contributed by atoms with E-state index in [0.717, 1.165) is 17.7 Å². The molecule has 0 saturated heterocycles. The summed E-state index contributed by atoms with van der Waals surface area (Å²) in [5.41, 5.74) is 3.27. The Balaban J connectivity index is 2.01. The van der Waals surface area contributed by atoms with Crippen LogP contribution in [0.1, 0.15) is 28.5 Å². The first kappa shape index (κ1) is 13.1. The van der Waals surface area contributed by atoms with E-state index >= 15 is 0 Å². The van der Waals surface area contributed by atoms with Gasteiger partial charge < -0.3 is 10.4 Å². The smallest absolute Gasteiger partial charge is 0.354 e. The van der Waals surface area contributed by atoms with Crippen molar-refractivity contribution >= 4 is 11.7 Å². The van der Waals surface area contributed by atoms with Crippen LogP contribution in [0.25, 0.3) is 0 Å². The van der Waals surface area contributed by atoms with Gasteiger partial charge in [0.05, 0.1) is 0 Å². The molecule has 0 unspecified atom stereocenters. The van der Waals surface area contributed by atoms with Gasteiger partial charge in [-0.05, 0) is 29.7 Å². The van der Waals surface area contributed by atoms with Gasteiger partial charge in [-0.2, -0.15) is 0 Å². The van der Waals surface area contributed by atoms with Crippen molar-refractivity contribution in [3.05, 3.63) is 59.4 Å². The average molecular weight is 256 g/mol. The van der Waals surface area contributed by atoms with E-state index in [1.54, 1.807) is 6.07 Å². The van der Waals surface area contributed by atoms with Crippen LogP contribution in [0.2, 0.25) is 0 Å². The Bertz CT molecular complexity index is 565. The SMILES string of the molecule is CCc1ccc(CNc2ccnc(C(=O)O)c2)cc1. The minimum absolute atomic E-state index is 0.0475. The molecule has 1 aromatic heterocycles. The first-order valence-corrected chi connectivity index (χ1v) is 6.20. The second-order valence-corrected chi connectivity index (χ2v) is 4.26. The summed E-state index contributed by atoms with van der Waals surface area (Å²) in [6.07, 6.45) is 2.52. The van der Waals surface area contributed by atoms with Gasteiger partial charge in [0.25, 0.3) is 0 Å². The Morgan fingerprint density at radius 3 is 2.53 bits per heavy atom. The molecule has 0 atom stereocenters. The molecule has 0 radical (unpaired) electrons. The monoisotopic (exact) mass is 256 g/mol. The van der Waals surface area contributed by atoms with E-state index in [9.17, 15) is 4.79 Å². The van der Waals surface area contributed by atoms with Crippen LogP contribution >= 0.6 is 0 Å². The van der Waals surface area contributed by atoms with Gasteiger partial charge in [0, 0.05) is 18.4 Å². The van der Waals surface area contributed by atoms with Crippen molar-refractivity contribution in [1.29, 1.82) is 0 Å². The maximum Gasteiger partial charge on any atom is 0.354 e. The molecule has 0 aliphatic heterocycles. The van der Waals surface area contributed by atoms with Gasteiger partial charge in [-0.3, -0.25) is 0 Å². The molecule has 0 fully saturated rings. The number of benzene rings is 1. The highest BCUT2D eigenvalue weighted by atomic mass is 16.4. The molecule has 0 aliphatic rings. The summed E-state index contributed by atoms with van der Waals surface area (Å²) in [4.78, 5) is 14.6. The molecule has 0 bridgehead atoms. The van der Waals surface area contributed by atoms with Gasteiger partial charge in [-0.25, -0.2) is 9.78 Å². The molecule has 0 saturated carbocycles. The van der Waals surface area contributed by atoms with Crippen LogP contribution in [-0.4, -0.2) is 16.1 Å². The topological polar surface area (TPSA) is 62.2 Å². The van der Waals surface area contributed by atoms with Gasteiger partial charge in [-0.1, -0.05) is 31.2 Å². The summed E-state index contributed by atoms with van der Waals surface area (Å²) in [6, 6.07) is 11.6. The van der Waals surface area contributed by atoms with E-state index in [2.05, 4.69) is 41.5 Å². The molecule has 1 heterocycles. The van der Waals surface area contributed by atoms with E-state index in [-0.39, 0.29) is 5.69 Å². The molecule has 2 N–H and O–H groups in total. The fourth-order valence-electron chi connectivity index (χ4n) is 1.75. The molecule has 2 aromatic rings. The van der Waals surface area contributed by atoms with Crippen LogP contribution in [0.4, 0.5) is 5.69 Å². The number of pyridine rings is 1. The third-order valence-electron chi connectivity index (χ3n) is 2.91. The number of carbonyl (C=O) groups is 1. The average Bonchev–Trinajstić information content (AvgIpc) is 2.46. The summed E-state index contributed by atoms with van der Waals surface area (Å²) < 4.78 is 0. The quantitative estimate of drug-likeness (QED) is 0.863. The van der Waals surface area contributed by atoms with Gasteiger partial charge in [0.15, 0.2) is 0 Å². The lowest BCUT2D eigenvalue weighted by Crippen LogP contribution is -2.03. The Kier molecular flexibility index (Phi) is 4.13. The summed E-state index contributed by atoms with van der Waals surface area (Å²) in [7, 11) is 0. The Morgan fingerprint density at radius 1 is 1.21 bits per heavy atom. The van der Waals surface area contributed by atoms with Crippen molar-refractivity contribution in [2.45, 2.75) is 19.9 Å². The normalized spacial score (nSPS) is 10.2. The third-order valence-corrected chi connectivity index (χ3v) is 2.91. The van der Waals surface area contributed by atoms with Crippen molar-refractivity contribution in [2.24, 2.45) is 0 Å². The highest BCUT2D eigenvalue weighted by molar-refractivity contribution is 5.86. The van der Waals surface area contributed by atoms with E-state index in [0.29, 0.717) is 6.54 Å². The highest BCUT2D eigenvalue weighted by Gasteiger charge is 2.04. The summed E-state index contributed by atoms with van der Waals surface area (Å²) in [5.74, 6) is -1.02. The molecule has 19 heavy (non-hydrogen) atoms. The Labute approximate surface area is 112 Å². The highest BCUT2D eigenvalue weighted by Crippen LogP contribution is 2.11. The van der Waals surface area contributed by atoms with Gasteiger partial charge in [0.1, 0.15) is 5.69 Å². The summed E-state index contributed by atoms with van der Waals surface area (Å²) >= 11 is 0. The number of rotatable bonds is 5. The summed E-state index contributed by atoms with van der Waals surface area (Å²) in [6.45, 7) is 2.78. The number of nitrogens with zero attached hydrogens (tertiary/aromatic N) is 1. The van der Waals surface area contributed by atoms with Crippen molar-refractivity contribution in [2.75, 3.05) is 5.32 Å². The third kappa shape index (κ3) is 3.55. The molecule has 0 amide bonds. The van der Waals surface area contributed by atoms with Gasteiger partial charge >= 0.3 is 5.97 Å². The Morgan fingerprint density at radius 2 is 1.89 bits per heavy atom. The lowest BCUT2D eigenvalue weighted by molar-refractivity contribution is 0.0690. The number of carboxylic acid groups (broad SMARTS) is 1. The number of aryl methyl sites for hydroxylation is 1. The molecule has 2 rings (SSSR count). The zero-order valence-electron chi connectivity index (χ0n) is 10.8. The standard InChI is InChI=1S/C15H16N2O2/c1-2-11-3-5-12(6-4-11)10-17-13-7-8-16-14(9-13)15(18)19/h3-9H,2,10H2,1H3,(H,16,17)(H,18,19). The molecule has 98 valence electrons. The van der Waals surface area contributed by atoms with Crippen molar-refractivity contribution in [3.63, 3.8) is 0 Å². The molecule has 0 aliphatic carbocycles. The Hall–Kier alpha value is -2.36. The summed E-state index contributed by atoms with van der Waals surface area (Å²) in [5, 5.41) is 12.1. The number of hydrogen-bond donors (Lipinski definition) is 2. The first-order chi connectivity index (χ1) is 9.19. The van der Waals surface area contributed by atoms with Crippen LogP contribution in [-0.2, 0) is 13.0 Å². The number of aromatic carboxylic acids is 1. The minimum Gasteiger partial charge on any atom is -0.477 e. The fourth-order valence-corrected chi connectivity index (χ4v) is 1.75. The molecule has 1 aromatic carbocycles. The molecule has 0 spiro atoms. The van der Waals surface area contributed by atoms with E-state index < -0.39 is 5.97 Å². The largest absolute Gasteiger partial charge is 0.477 e. The zero-order chi connectivity index (χ0) is 13.7. The number of nitrogens with one attached hydrogen (secondary N) is 1. The van der Waals surface area contributed by atoms with E-state index in [4.69, 9.17) is 5.11 Å². The van der Waals surface area contributed by atoms with E-state index in [1.165, 1.54) is 17.8 Å². The van der Waals surface area contributed by atoms with Crippen molar-refractivity contribution in [1.82, 2.24) is 4.98 Å². The number of hydrogen-bond acceptors (Lipinski definition) is 3. The maximum absolute atomic E-state index is 10.8. The van der Waals surface area contributed by atoms with Crippen LogP contribution < -0.4 is 5.32 Å². The fraction of sp³-hybridized carbons (Fsp3) is 0.200. The van der Waals surface area contributed by atoms with Gasteiger partial charge in [-0.15, -0.1) is 0 Å². The van der Waals surface area contributed by atoms with Gasteiger partial charge in [0.2, 0.25) is 0 Å². The number of carboxylic acids is 1. The predicted octanol–water partition coefficient (Wildman–Crippen LogP) is 2.95. The lowest BCUT2D eigenvalue weighted by atomic mass is 10.1. The molecule has 4 nitrogen and oxygen atoms in total. The predicted molar refractivity (Wildman–Crippen MR) is 74.3 cm³/mol. The molecule has 4 heteroatoms. The van der Waals surface area contributed by atoms with Crippen molar-refractivity contribution < 1.29 is 9.90 Å². The lowest BCUT2D eigenvalue weighted by Gasteiger charge is -2.07. The van der Waals surface area contributed by atoms with Crippen molar-refractivity contribution in [3.8, 4) is 0 Å². The minimum atomic E-state index is -1.02. The van der Waals surface area contributed by atoms with Crippen LogP contribution in [0.15, 0.2) is 42.6 Å². The molecular weight excluding hydrogens is 240 g/mol. The van der Waals surface area contributed by atoms with Crippen LogP contribution in [0.5, 0.6) is 0 Å². The van der Waals surface area contributed by atoms with Crippen LogP contribution in [0.3, 0.4) is 0 Å². The number of aromatic nitrogens is 1. The second kappa shape index (κ2) is 6.00. The maximum atomic E-state index is 10.8. The zero-order valence-corrected chi connectivity index (χ0v) is 10.8. The molecular formula is C15H16N2O2. The number of anilines is 1. The second-order valence-electron chi connectivity index (χ2n) is 4.26. The first-order valence-electron chi connectivity index (χ1n) is 6.20. The van der Waals surface area contributed by atoms with Crippen LogP contribution in [0, 0.1) is 0 Å².